The minimum atomic E-state index is -5.14. The van der Waals surface area contributed by atoms with Crippen molar-refractivity contribution in [3.05, 3.63) is 113 Å². The summed E-state index contributed by atoms with van der Waals surface area (Å²) < 4.78 is 54.2. The number of benzene rings is 3. The summed E-state index contributed by atoms with van der Waals surface area (Å²) in [7, 11) is -5.14. The molecule has 0 spiro atoms. The Hall–Kier alpha value is -2.97. The molecule has 3 aromatic carbocycles. The Labute approximate surface area is 378 Å². The van der Waals surface area contributed by atoms with E-state index < -0.39 is 31.2 Å². The molecule has 16 nitrogen and oxygen atoms in total. The number of hydrogen-bond acceptors (Lipinski definition) is 12. The number of nitrogens with zero attached hydrogens (tertiary/aromatic N) is 8. The van der Waals surface area contributed by atoms with E-state index in [0.717, 1.165) is 55.1 Å². The van der Waals surface area contributed by atoms with E-state index in [1.165, 1.54) is 34.0 Å². The van der Waals surface area contributed by atoms with Gasteiger partial charge in [0.2, 0.25) is 0 Å². The van der Waals surface area contributed by atoms with Crippen molar-refractivity contribution < 1.29 is 102 Å². The average Bonchev–Trinajstić information content (AvgIpc) is 3.92. The quantitative estimate of drug-likeness (QED) is 0.0924. The normalized spacial score (nSPS) is 19.0. The summed E-state index contributed by atoms with van der Waals surface area (Å²) in [6, 6.07) is 19.2. The molecule has 0 radical (unpaired) electrons. The van der Waals surface area contributed by atoms with Gasteiger partial charge >= 0.3 is 64.8 Å². The van der Waals surface area contributed by atoms with Crippen molar-refractivity contribution in [1.29, 1.82) is 0 Å². The number of ether oxygens (including phenoxy) is 2. The van der Waals surface area contributed by atoms with Crippen molar-refractivity contribution in [2.45, 2.75) is 51.0 Å². The minimum Gasteiger partial charge on any atom is -0.790 e. The number of anilines is 2. The van der Waals surface area contributed by atoms with Crippen molar-refractivity contribution in [3.8, 4) is 11.4 Å². The summed E-state index contributed by atoms with van der Waals surface area (Å²) in [6.45, 7) is 7.97. The predicted molar refractivity (Wildman–Crippen MR) is 197 cm³/mol. The van der Waals surface area contributed by atoms with Gasteiger partial charge in [0, 0.05) is 55.1 Å². The maximum absolute atomic E-state index is 15.0. The van der Waals surface area contributed by atoms with Crippen LogP contribution in [0.3, 0.4) is 0 Å². The second kappa shape index (κ2) is 21.0. The molecule has 2 saturated heterocycles. The first-order chi connectivity index (χ1) is 26.7. The number of halogens is 2. The topological polar surface area (TPSA) is 199 Å². The van der Waals surface area contributed by atoms with E-state index in [9.17, 15) is 18.7 Å². The van der Waals surface area contributed by atoms with Gasteiger partial charge in [-0.2, -0.15) is 10.2 Å². The zero-order valence-corrected chi connectivity index (χ0v) is 37.7. The van der Waals surface area contributed by atoms with Crippen molar-refractivity contribution in [2.24, 2.45) is 5.92 Å². The van der Waals surface area contributed by atoms with Gasteiger partial charge in [-0.15, -0.1) is 0 Å². The second-order valence-electron chi connectivity index (χ2n) is 13.8. The molecule has 2 aliphatic heterocycles. The number of aromatic nitrogens is 6. The Morgan fingerprint density at radius 1 is 0.948 bits per heavy atom. The molecule has 58 heavy (non-hydrogen) atoms. The molecular formula is C37H43F2N8Na2O8P. The average molecular weight is 843 g/mol. The number of aliphatic hydroxyl groups is 1. The molecule has 2 aliphatic rings. The third kappa shape index (κ3) is 12.1. The fourth-order valence-corrected chi connectivity index (χ4v) is 7.24. The number of phosphoric acid groups is 1. The number of aliphatic hydroxyl groups excluding tert-OH is 1. The number of piperazine rings is 1. The van der Waals surface area contributed by atoms with Crippen LogP contribution in [0.2, 0.25) is 0 Å². The van der Waals surface area contributed by atoms with E-state index in [1.807, 2.05) is 43.3 Å². The van der Waals surface area contributed by atoms with E-state index in [0.29, 0.717) is 31.6 Å². The smallest absolute Gasteiger partial charge is 0.790 e. The molecule has 7 rings (SSSR count). The zero-order valence-electron chi connectivity index (χ0n) is 32.8. The zero-order chi connectivity index (χ0) is 40.0. The first-order valence-corrected chi connectivity index (χ1v) is 19.6. The number of hydrogen-bond donors (Lipinski definition) is 2. The van der Waals surface area contributed by atoms with Gasteiger partial charge in [0.05, 0.1) is 45.4 Å². The summed E-state index contributed by atoms with van der Waals surface area (Å²) in [5.74, 6) is -0.563. The molecule has 21 heteroatoms. The molecule has 4 heterocycles. The van der Waals surface area contributed by atoms with Gasteiger partial charge in [-0.25, -0.2) is 32.5 Å². The Morgan fingerprint density at radius 2 is 1.53 bits per heavy atom. The molecule has 0 bridgehead atoms. The van der Waals surface area contributed by atoms with Gasteiger partial charge in [-0.1, -0.05) is 13.0 Å². The summed E-state index contributed by atoms with van der Waals surface area (Å²) in [4.78, 5) is 45.9. The fraction of sp³-hybridized carbons (Fsp3) is 0.405. The van der Waals surface area contributed by atoms with E-state index in [4.69, 9.17) is 28.7 Å². The van der Waals surface area contributed by atoms with Crippen LogP contribution < -0.4 is 89.1 Å². The second-order valence-corrected chi connectivity index (χ2v) is 14.7. The van der Waals surface area contributed by atoms with Gasteiger partial charge in [0.15, 0.2) is 0 Å². The van der Waals surface area contributed by atoms with Gasteiger partial charge in [-0.3, -0.25) is 0 Å². The molecule has 0 amide bonds. The van der Waals surface area contributed by atoms with Crippen LogP contribution in [0.15, 0.2) is 90.5 Å². The van der Waals surface area contributed by atoms with Crippen molar-refractivity contribution >= 4 is 19.2 Å². The Kier molecular flexibility index (Phi) is 17.3. The van der Waals surface area contributed by atoms with Crippen molar-refractivity contribution in [1.82, 2.24) is 29.1 Å². The first-order valence-electron chi connectivity index (χ1n) is 18.1. The van der Waals surface area contributed by atoms with Gasteiger partial charge in [-0.05, 0) is 74.4 Å². The Balaban J connectivity index is 0.00000100. The third-order valence-electron chi connectivity index (χ3n) is 9.96. The molecule has 0 saturated carbocycles. The Morgan fingerprint density at radius 3 is 2.07 bits per heavy atom. The minimum absolute atomic E-state index is 0. The molecule has 300 valence electrons. The Bertz CT molecular complexity index is 2140. The molecule has 0 aliphatic carbocycles. The van der Waals surface area contributed by atoms with E-state index in [1.54, 1.807) is 17.9 Å². The standard InChI is InChI=1S/C37H42F2N8O4.2Na.H3O4P/c1-3-35(26(2)48)47-36(49)46(25-42-47)31-7-5-29(6-8-31)43-14-16-44(17-15-43)30-9-11-32(12-10-30)50-20-27-19-37(51-21-27,22-45-24-40-23-41-45)33-13-4-28(38)18-34(33)39;;;1-5(2,3)4/h4-13,18,23-27,35,48H,3,14-17,19-22H2,1-2H3;;;(H3,1,2,3,4)/q;2*+1;/p-2/t26-,27+,35-,37-;;;/m0.../s1. The molecule has 5 aromatic rings. The van der Waals surface area contributed by atoms with E-state index in [2.05, 4.69) is 37.1 Å². The monoisotopic (exact) mass is 842 g/mol. The summed E-state index contributed by atoms with van der Waals surface area (Å²) in [5, 5.41) is 18.5. The number of rotatable bonds is 12. The molecule has 0 unspecified atom stereocenters. The van der Waals surface area contributed by atoms with Crippen LogP contribution in [0.5, 0.6) is 5.75 Å². The largest absolute Gasteiger partial charge is 1.00 e. The maximum Gasteiger partial charge on any atom is 1.00 e. The van der Waals surface area contributed by atoms with Crippen molar-refractivity contribution in [3.63, 3.8) is 0 Å². The van der Waals surface area contributed by atoms with Crippen LogP contribution >= 0.6 is 7.82 Å². The molecular weight excluding hydrogens is 799 g/mol. The molecule has 4 atom stereocenters. The summed E-state index contributed by atoms with van der Waals surface area (Å²) >= 11 is 0. The van der Waals surface area contributed by atoms with Crippen LogP contribution in [0.25, 0.3) is 5.69 Å². The SMILES string of the molecule is CC[C@@H]([C@H](C)O)n1ncn(-c2ccc(N3CCN(c4ccc(OC[C@@H]5CO[C@@](Cn6cncn6)(c6ccc(F)cc6F)C5)cc4)CC3)cc2)c1=O.O=P([O-])([O-])O.[Na+].[Na+]. The molecule has 2 N–H and O–H groups in total. The van der Waals surface area contributed by atoms with Gasteiger partial charge < -0.3 is 43.6 Å². The van der Waals surface area contributed by atoms with Crippen molar-refractivity contribution in [2.75, 3.05) is 49.2 Å². The third-order valence-corrected chi connectivity index (χ3v) is 9.96. The van der Waals surface area contributed by atoms with Crippen LogP contribution in [0.4, 0.5) is 20.2 Å². The fourth-order valence-electron chi connectivity index (χ4n) is 7.24. The van der Waals surface area contributed by atoms with Gasteiger partial charge in [0.25, 0.3) is 0 Å². The molecule has 2 aromatic heterocycles. The molecule has 2 fully saturated rings. The van der Waals surface area contributed by atoms with Crippen LogP contribution in [-0.2, 0) is 21.4 Å². The first kappa shape index (κ1) is 47.7. The van der Waals surface area contributed by atoms with E-state index in [-0.39, 0.29) is 83.3 Å². The van der Waals surface area contributed by atoms with E-state index >= 15 is 0 Å². The maximum atomic E-state index is 15.0. The summed E-state index contributed by atoms with van der Waals surface area (Å²) in [5.41, 5.74) is 1.93. The predicted octanol–water partition coefficient (Wildman–Crippen LogP) is -3.61. The van der Waals surface area contributed by atoms with Crippen LogP contribution in [0.1, 0.15) is 38.3 Å². The summed E-state index contributed by atoms with van der Waals surface area (Å²) in [6.07, 6.45) is 4.88. The van der Waals surface area contributed by atoms with Gasteiger partial charge in [0.1, 0.15) is 42.0 Å². The van der Waals surface area contributed by atoms with Crippen LogP contribution in [-0.4, -0.2) is 84.6 Å². The van der Waals surface area contributed by atoms with Crippen LogP contribution in [0, 0.1) is 17.6 Å².